The van der Waals surface area contributed by atoms with Crippen LogP contribution in [0.25, 0.3) is 0 Å². The van der Waals surface area contributed by atoms with Crippen LogP contribution in [0.4, 0.5) is 4.79 Å². The second-order valence-corrected chi connectivity index (χ2v) is 4.93. The van der Waals surface area contributed by atoms with Gasteiger partial charge < -0.3 is 15.3 Å². The van der Waals surface area contributed by atoms with E-state index in [4.69, 9.17) is 5.11 Å². The van der Waals surface area contributed by atoms with Gasteiger partial charge in [0.25, 0.3) is 0 Å². The number of halogens is 1. The topological polar surface area (TPSA) is 52.6 Å². The van der Waals surface area contributed by atoms with E-state index in [9.17, 15) is 4.79 Å². The van der Waals surface area contributed by atoms with Gasteiger partial charge in [-0.1, -0.05) is 28.1 Å². The van der Waals surface area contributed by atoms with E-state index in [2.05, 4.69) is 21.2 Å². The quantitative estimate of drug-likeness (QED) is 0.893. The first-order valence-electron chi connectivity index (χ1n) is 5.40. The molecule has 0 aromatic heterocycles. The van der Waals surface area contributed by atoms with Crippen molar-refractivity contribution < 1.29 is 9.90 Å². The van der Waals surface area contributed by atoms with Crippen LogP contribution in [-0.2, 0) is 6.54 Å². The Labute approximate surface area is 110 Å². The lowest BCUT2D eigenvalue weighted by Crippen LogP contribution is -2.40. The molecule has 17 heavy (non-hydrogen) atoms. The lowest BCUT2D eigenvalue weighted by atomic mass is 10.2. The van der Waals surface area contributed by atoms with Gasteiger partial charge >= 0.3 is 6.03 Å². The minimum absolute atomic E-state index is 0.189. The summed E-state index contributed by atoms with van der Waals surface area (Å²) in [6, 6.07) is 7.57. The summed E-state index contributed by atoms with van der Waals surface area (Å²) in [6.07, 6.45) is -0.517. The normalized spacial score (nSPS) is 12.0. The number of nitrogens with zero attached hydrogens (tertiary/aromatic N) is 1. The third-order valence-electron chi connectivity index (χ3n) is 2.22. The van der Waals surface area contributed by atoms with Gasteiger partial charge in [-0.3, -0.25) is 0 Å². The lowest BCUT2D eigenvalue weighted by Gasteiger charge is -2.19. The van der Waals surface area contributed by atoms with Crippen molar-refractivity contribution in [1.29, 1.82) is 0 Å². The Hall–Kier alpha value is -1.07. The van der Waals surface area contributed by atoms with E-state index < -0.39 is 6.10 Å². The van der Waals surface area contributed by atoms with Crippen LogP contribution < -0.4 is 5.32 Å². The Balaban J connectivity index is 2.43. The predicted octanol–water partition coefficient (Wildman–Crippen LogP) is 1.97. The summed E-state index contributed by atoms with van der Waals surface area (Å²) in [5.41, 5.74) is 1.03. The highest BCUT2D eigenvalue weighted by Gasteiger charge is 2.09. The molecule has 0 aliphatic carbocycles. The number of likely N-dealkylation sites (N-methyl/N-ethyl adjacent to an activating group) is 1. The summed E-state index contributed by atoms with van der Waals surface area (Å²) < 4.78 is 0.988. The molecule has 1 unspecified atom stereocenters. The largest absolute Gasteiger partial charge is 0.392 e. The van der Waals surface area contributed by atoms with Crippen molar-refractivity contribution in [1.82, 2.24) is 10.2 Å². The molecular formula is C12H17BrN2O2. The maximum Gasteiger partial charge on any atom is 0.317 e. The number of hydrogen-bond donors (Lipinski definition) is 2. The monoisotopic (exact) mass is 300 g/mol. The fourth-order valence-corrected chi connectivity index (χ4v) is 1.89. The summed E-state index contributed by atoms with van der Waals surface area (Å²) in [5, 5.41) is 12.0. The zero-order valence-corrected chi connectivity index (χ0v) is 11.6. The van der Waals surface area contributed by atoms with Crippen molar-refractivity contribution in [2.75, 3.05) is 13.6 Å². The Bertz CT molecular complexity index is 383. The summed E-state index contributed by atoms with van der Waals surface area (Å²) >= 11 is 3.37. The minimum Gasteiger partial charge on any atom is -0.392 e. The van der Waals surface area contributed by atoms with Crippen LogP contribution in [-0.4, -0.2) is 35.7 Å². The van der Waals surface area contributed by atoms with Crippen LogP contribution in [0.5, 0.6) is 0 Å². The number of hydrogen-bond acceptors (Lipinski definition) is 2. The Kier molecular flexibility index (Phi) is 5.44. The lowest BCUT2D eigenvalue weighted by molar-refractivity contribution is 0.143. The summed E-state index contributed by atoms with van der Waals surface area (Å²) in [6.45, 7) is 2.45. The van der Waals surface area contributed by atoms with E-state index in [1.54, 1.807) is 14.0 Å². The molecule has 2 amide bonds. The van der Waals surface area contributed by atoms with Gasteiger partial charge in [0, 0.05) is 24.6 Å². The maximum absolute atomic E-state index is 11.6. The molecule has 0 fully saturated rings. The standard InChI is InChI=1S/C12H17BrN2O2/c1-9(16)8-15(2)12(17)14-7-10-4-3-5-11(13)6-10/h3-6,9,16H,7-8H2,1-2H3,(H,14,17). The number of rotatable bonds is 4. The van der Waals surface area contributed by atoms with E-state index in [1.807, 2.05) is 24.3 Å². The zero-order chi connectivity index (χ0) is 12.8. The van der Waals surface area contributed by atoms with E-state index >= 15 is 0 Å². The van der Waals surface area contributed by atoms with Gasteiger partial charge in [0.15, 0.2) is 0 Å². The summed E-state index contributed by atoms with van der Waals surface area (Å²) in [7, 11) is 1.66. The average Bonchev–Trinajstić information content (AvgIpc) is 2.25. The van der Waals surface area contributed by atoms with Crippen molar-refractivity contribution in [3.63, 3.8) is 0 Å². The van der Waals surface area contributed by atoms with Crippen LogP contribution in [0.3, 0.4) is 0 Å². The molecule has 94 valence electrons. The number of urea groups is 1. The van der Waals surface area contributed by atoms with E-state index in [0.717, 1.165) is 10.0 Å². The zero-order valence-electron chi connectivity index (χ0n) is 9.98. The fraction of sp³-hybridized carbons (Fsp3) is 0.417. The van der Waals surface area contributed by atoms with Crippen LogP contribution in [0, 0.1) is 0 Å². The van der Waals surface area contributed by atoms with Gasteiger partial charge in [-0.15, -0.1) is 0 Å². The third kappa shape index (κ3) is 5.19. The molecule has 4 nitrogen and oxygen atoms in total. The van der Waals surface area contributed by atoms with E-state index in [1.165, 1.54) is 4.90 Å². The van der Waals surface area contributed by atoms with Crippen LogP contribution in [0.15, 0.2) is 28.7 Å². The molecule has 0 saturated carbocycles. The smallest absolute Gasteiger partial charge is 0.317 e. The van der Waals surface area contributed by atoms with Crippen molar-refractivity contribution in [2.45, 2.75) is 19.6 Å². The Morgan fingerprint density at radius 3 is 2.88 bits per heavy atom. The number of aliphatic hydroxyl groups is 1. The highest BCUT2D eigenvalue weighted by Crippen LogP contribution is 2.11. The van der Waals surface area contributed by atoms with Gasteiger partial charge in [0.1, 0.15) is 0 Å². The van der Waals surface area contributed by atoms with E-state index in [-0.39, 0.29) is 6.03 Å². The molecule has 0 radical (unpaired) electrons. The number of nitrogens with one attached hydrogen (secondary N) is 1. The first kappa shape index (κ1) is 14.0. The summed E-state index contributed by atoms with van der Waals surface area (Å²) in [5.74, 6) is 0. The molecular weight excluding hydrogens is 284 g/mol. The van der Waals surface area contributed by atoms with Gasteiger partial charge in [-0.05, 0) is 24.6 Å². The molecule has 0 saturated heterocycles. The summed E-state index contributed by atoms with van der Waals surface area (Å²) in [4.78, 5) is 13.1. The fourth-order valence-electron chi connectivity index (χ4n) is 1.44. The number of benzene rings is 1. The van der Waals surface area contributed by atoms with Crippen LogP contribution >= 0.6 is 15.9 Å². The molecule has 0 aliphatic heterocycles. The second-order valence-electron chi connectivity index (χ2n) is 4.02. The van der Waals surface area contributed by atoms with Crippen LogP contribution in [0.1, 0.15) is 12.5 Å². The van der Waals surface area contributed by atoms with E-state index in [0.29, 0.717) is 13.1 Å². The first-order valence-corrected chi connectivity index (χ1v) is 6.20. The molecule has 1 aromatic rings. The second kappa shape index (κ2) is 6.61. The van der Waals surface area contributed by atoms with Crippen molar-refractivity contribution >= 4 is 22.0 Å². The third-order valence-corrected chi connectivity index (χ3v) is 2.71. The highest BCUT2D eigenvalue weighted by molar-refractivity contribution is 9.10. The molecule has 0 heterocycles. The number of carbonyl (C=O) groups excluding carboxylic acids is 1. The minimum atomic E-state index is -0.517. The molecule has 0 spiro atoms. The van der Waals surface area contributed by atoms with Gasteiger partial charge in [0.2, 0.25) is 0 Å². The van der Waals surface area contributed by atoms with Gasteiger partial charge in [-0.2, -0.15) is 0 Å². The Morgan fingerprint density at radius 1 is 1.59 bits per heavy atom. The van der Waals surface area contributed by atoms with Crippen LogP contribution in [0.2, 0.25) is 0 Å². The SMILES string of the molecule is CC(O)CN(C)C(=O)NCc1cccc(Br)c1. The van der Waals surface area contributed by atoms with Crippen molar-refractivity contribution in [3.8, 4) is 0 Å². The predicted molar refractivity (Wildman–Crippen MR) is 70.7 cm³/mol. The average molecular weight is 301 g/mol. The molecule has 2 N–H and O–H groups in total. The number of aliphatic hydroxyl groups excluding tert-OH is 1. The number of amides is 2. The molecule has 1 aromatic carbocycles. The van der Waals surface area contributed by atoms with Gasteiger partial charge in [-0.25, -0.2) is 4.79 Å². The van der Waals surface area contributed by atoms with Crippen molar-refractivity contribution in [3.05, 3.63) is 34.3 Å². The molecule has 0 bridgehead atoms. The molecule has 1 atom stereocenters. The number of carbonyl (C=O) groups is 1. The molecule has 1 rings (SSSR count). The molecule has 5 heteroatoms. The van der Waals surface area contributed by atoms with Crippen molar-refractivity contribution in [2.24, 2.45) is 0 Å². The first-order chi connectivity index (χ1) is 7.99. The highest BCUT2D eigenvalue weighted by atomic mass is 79.9. The van der Waals surface area contributed by atoms with Gasteiger partial charge in [0.05, 0.1) is 6.10 Å². The Morgan fingerprint density at radius 2 is 2.29 bits per heavy atom. The maximum atomic E-state index is 11.6. The molecule has 0 aliphatic rings.